The van der Waals surface area contributed by atoms with Crippen LogP contribution in [0.2, 0.25) is 0 Å². The van der Waals surface area contributed by atoms with Crippen molar-refractivity contribution in [1.82, 2.24) is 19.7 Å². The minimum atomic E-state index is -4.56. The molecule has 4 unspecified atom stereocenters. The maximum Gasteiger partial charge on any atom is 0.416 e. The molecule has 0 spiro atoms. The van der Waals surface area contributed by atoms with Crippen molar-refractivity contribution in [2.75, 3.05) is 25.1 Å². The van der Waals surface area contributed by atoms with Gasteiger partial charge in [0.25, 0.3) is 0 Å². The fraction of sp³-hybridized carbons (Fsp3) is 0.520. The molecule has 1 aromatic carbocycles. The Balaban J connectivity index is 1.53. The van der Waals surface area contributed by atoms with Crippen molar-refractivity contribution in [3.63, 3.8) is 0 Å². The quantitative estimate of drug-likeness (QED) is 0.150. The molecule has 212 valence electrons. The maximum atomic E-state index is 13.9. The lowest BCUT2D eigenvalue weighted by molar-refractivity contribution is -0.175. The summed E-state index contributed by atoms with van der Waals surface area (Å²) in [5, 5.41) is 14.4. The highest BCUT2D eigenvalue weighted by Crippen LogP contribution is 2.44. The van der Waals surface area contributed by atoms with Crippen molar-refractivity contribution in [3.05, 3.63) is 53.9 Å². The van der Waals surface area contributed by atoms with Gasteiger partial charge in [0.05, 0.1) is 11.6 Å². The van der Waals surface area contributed by atoms with Crippen LogP contribution in [0.3, 0.4) is 0 Å². The number of fused-ring (bicyclic) bond motifs is 1. The fourth-order valence-corrected chi connectivity index (χ4v) is 5.07. The molecule has 0 radical (unpaired) electrons. The zero-order valence-corrected chi connectivity index (χ0v) is 21.2. The van der Waals surface area contributed by atoms with Gasteiger partial charge in [0.15, 0.2) is 0 Å². The van der Waals surface area contributed by atoms with Gasteiger partial charge in [0.2, 0.25) is 11.8 Å². The maximum absolute atomic E-state index is 13.9. The van der Waals surface area contributed by atoms with E-state index >= 15 is 0 Å². The molecule has 2 aliphatic heterocycles. The number of anilines is 1. The van der Waals surface area contributed by atoms with Crippen molar-refractivity contribution < 1.29 is 31.1 Å². The van der Waals surface area contributed by atoms with Crippen molar-refractivity contribution in [2.45, 2.75) is 56.5 Å². The second-order valence-electron chi connectivity index (χ2n) is 9.61. The first-order chi connectivity index (χ1) is 18.4. The third kappa shape index (κ3) is 6.60. The van der Waals surface area contributed by atoms with E-state index in [9.17, 15) is 26.3 Å². The predicted octanol–water partition coefficient (Wildman–Crippen LogP) is 5.62. The number of nitrogens with zero attached hydrogens (tertiary/aromatic N) is 6. The summed E-state index contributed by atoms with van der Waals surface area (Å²) in [5.74, 6) is -0.129. The van der Waals surface area contributed by atoms with Crippen LogP contribution in [-0.4, -0.2) is 64.3 Å². The summed E-state index contributed by atoms with van der Waals surface area (Å²) >= 11 is 0. The molecule has 3 heterocycles. The van der Waals surface area contributed by atoms with Crippen molar-refractivity contribution in [1.29, 1.82) is 0 Å². The summed E-state index contributed by atoms with van der Waals surface area (Å²) in [6.07, 6.45) is -6.83. The lowest BCUT2D eigenvalue weighted by Gasteiger charge is -2.30. The van der Waals surface area contributed by atoms with E-state index in [2.05, 4.69) is 43.8 Å². The number of hydrogen-bond donors (Lipinski definition) is 1. The molecule has 1 N–H and O–H groups in total. The van der Waals surface area contributed by atoms with Crippen LogP contribution >= 0.6 is 0 Å². The van der Waals surface area contributed by atoms with Gasteiger partial charge in [-0.05, 0) is 42.9 Å². The molecular formula is C25H29F6N7O. The van der Waals surface area contributed by atoms with E-state index in [0.717, 1.165) is 29.8 Å². The van der Waals surface area contributed by atoms with E-state index in [1.165, 1.54) is 12.1 Å². The van der Waals surface area contributed by atoms with E-state index < -0.39 is 29.9 Å². The van der Waals surface area contributed by atoms with E-state index in [1.807, 2.05) is 0 Å². The van der Waals surface area contributed by atoms with Gasteiger partial charge in [0.1, 0.15) is 18.6 Å². The second-order valence-corrected chi connectivity index (χ2v) is 9.61. The Kier molecular flexibility index (Phi) is 8.33. The molecule has 0 saturated carbocycles. The Bertz CT molecular complexity index is 1190. The first-order valence-electron chi connectivity index (χ1n) is 12.4. The number of benzene rings is 1. The van der Waals surface area contributed by atoms with Crippen LogP contribution in [-0.2, 0) is 10.9 Å². The number of hydrogen-bond acceptors (Lipinski definition) is 7. The lowest BCUT2D eigenvalue weighted by atomic mass is 9.88. The van der Waals surface area contributed by atoms with Gasteiger partial charge >= 0.3 is 12.4 Å². The Morgan fingerprint density at radius 2 is 1.90 bits per heavy atom. The SMILES string of the molecule is C=CC(Nc1nc2n(n1)C(C(F)(F)F)CCC2c1ccc(C(F)(F)F)cc1)C1CCN(CO/C(C)=N\N=C)C1. The number of nitrogens with one attached hydrogen (secondary N) is 1. The Labute approximate surface area is 221 Å². The first-order valence-corrected chi connectivity index (χ1v) is 12.4. The average Bonchev–Trinajstić information content (AvgIpc) is 3.51. The van der Waals surface area contributed by atoms with Crippen LogP contribution in [0.5, 0.6) is 0 Å². The van der Waals surface area contributed by atoms with Crippen LogP contribution in [0.4, 0.5) is 32.3 Å². The van der Waals surface area contributed by atoms with E-state index in [-0.39, 0.29) is 36.6 Å². The highest BCUT2D eigenvalue weighted by molar-refractivity contribution is 5.73. The summed E-state index contributed by atoms with van der Waals surface area (Å²) in [6.45, 7) is 10.5. The van der Waals surface area contributed by atoms with Crippen LogP contribution in [0.25, 0.3) is 0 Å². The highest BCUT2D eigenvalue weighted by Gasteiger charge is 2.47. The first kappa shape index (κ1) is 28.6. The fourth-order valence-electron chi connectivity index (χ4n) is 5.07. The monoisotopic (exact) mass is 557 g/mol. The van der Waals surface area contributed by atoms with E-state index in [4.69, 9.17) is 4.74 Å². The van der Waals surface area contributed by atoms with Crippen LogP contribution < -0.4 is 5.32 Å². The molecular weight excluding hydrogens is 528 g/mol. The molecule has 39 heavy (non-hydrogen) atoms. The third-order valence-corrected chi connectivity index (χ3v) is 7.05. The van der Waals surface area contributed by atoms with Gasteiger partial charge in [-0.25, -0.2) is 4.68 Å². The van der Waals surface area contributed by atoms with Crippen LogP contribution in [0, 0.1) is 5.92 Å². The topological polar surface area (TPSA) is 79.9 Å². The number of halogens is 6. The average molecular weight is 558 g/mol. The molecule has 1 aromatic heterocycles. The molecule has 0 bridgehead atoms. The minimum Gasteiger partial charge on any atom is -0.464 e. The Morgan fingerprint density at radius 1 is 1.18 bits per heavy atom. The van der Waals surface area contributed by atoms with Crippen LogP contribution in [0.1, 0.15) is 55.1 Å². The van der Waals surface area contributed by atoms with Crippen molar-refractivity contribution in [2.24, 2.45) is 16.1 Å². The predicted molar refractivity (Wildman–Crippen MR) is 134 cm³/mol. The molecule has 4 atom stereocenters. The molecule has 1 saturated heterocycles. The van der Waals surface area contributed by atoms with E-state index in [0.29, 0.717) is 24.7 Å². The summed E-state index contributed by atoms with van der Waals surface area (Å²) in [4.78, 5) is 6.45. The van der Waals surface area contributed by atoms with Crippen LogP contribution in [0.15, 0.2) is 47.1 Å². The number of likely N-dealkylation sites (tertiary alicyclic amines) is 1. The third-order valence-electron chi connectivity index (χ3n) is 7.05. The standard InChI is InChI=1S/C25H29F6N7O/c1-4-20(17-11-12-37(13-17)14-39-15(2)35-32-3)33-23-34-22-19(9-10-21(25(29,30)31)38(22)36-23)16-5-7-18(8-6-16)24(26,27)28/h4-8,17,19-21H,1,3,9-14H2,2H3,(H,33,36)/b35-15-. The van der Waals surface area contributed by atoms with Gasteiger partial charge in [-0.2, -0.15) is 36.4 Å². The number of rotatable bonds is 8. The summed E-state index contributed by atoms with van der Waals surface area (Å²) < 4.78 is 87.0. The van der Waals surface area contributed by atoms with Gasteiger partial charge < -0.3 is 10.1 Å². The highest BCUT2D eigenvalue weighted by atomic mass is 19.4. The van der Waals surface area contributed by atoms with Gasteiger partial charge in [-0.1, -0.05) is 18.2 Å². The largest absolute Gasteiger partial charge is 0.464 e. The Morgan fingerprint density at radius 3 is 2.51 bits per heavy atom. The summed E-state index contributed by atoms with van der Waals surface area (Å²) in [5.41, 5.74) is -0.385. The molecule has 4 rings (SSSR count). The number of aromatic nitrogens is 3. The minimum absolute atomic E-state index is 0.0118. The molecule has 14 heteroatoms. The zero-order chi connectivity index (χ0) is 28.4. The molecule has 0 aliphatic carbocycles. The van der Waals surface area contributed by atoms with Gasteiger partial charge in [0, 0.05) is 32.6 Å². The van der Waals surface area contributed by atoms with E-state index in [1.54, 1.807) is 13.0 Å². The summed E-state index contributed by atoms with van der Waals surface area (Å²) in [7, 11) is 0. The molecule has 1 fully saturated rings. The van der Waals surface area contributed by atoms with Crippen molar-refractivity contribution >= 4 is 18.6 Å². The molecule has 8 nitrogen and oxygen atoms in total. The number of ether oxygens (including phenoxy) is 1. The lowest BCUT2D eigenvalue weighted by Crippen LogP contribution is -2.33. The Hall–Kier alpha value is -3.42. The van der Waals surface area contributed by atoms with Gasteiger partial charge in [-0.3, -0.25) is 4.90 Å². The van der Waals surface area contributed by atoms with Gasteiger partial charge in [-0.15, -0.1) is 16.8 Å². The van der Waals surface area contributed by atoms with Crippen molar-refractivity contribution in [3.8, 4) is 0 Å². The zero-order valence-electron chi connectivity index (χ0n) is 21.2. The number of alkyl halides is 6. The molecule has 2 aromatic rings. The second kappa shape index (κ2) is 11.4. The molecule has 0 amide bonds. The molecule has 2 aliphatic rings. The summed E-state index contributed by atoms with van der Waals surface area (Å²) in [6, 6.07) is 2.21. The normalized spacial score (nSPS) is 23.3. The smallest absolute Gasteiger partial charge is 0.416 e.